The van der Waals surface area contributed by atoms with Crippen molar-refractivity contribution in [2.24, 2.45) is 0 Å². The molecule has 1 aliphatic rings. The average Bonchev–Trinajstić information content (AvgIpc) is 2.75. The lowest BCUT2D eigenvalue weighted by Gasteiger charge is -2.24. The Morgan fingerprint density at radius 3 is 3.00 bits per heavy atom. The fraction of sp³-hybridized carbons (Fsp3) is 0.778. The van der Waals surface area contributed by atoms with Crippen LogP contribution in [0.15, 0.2) is 6.20 Å². The van der Waals surface area contributed by atoms with E-state index in [9.17, 15) is 10.2 Å². The van der Waals surface area contributed by atoms with Gasteiger partial charge in [-0.05, 0) is 19.3 Å². The third kappa shape index (κ3) is 1.33. The first kappa shape index (κ1) is 9.61. The number of aliphatic hydroxyl groups is 2. The maximum Gasteiger partial charge on any atom is 0.203 e. The second-order valence-electron chi connectivity index (χ2n) is 3.77. The molecule has 0 radical (unpaired) electrons. The minimum absolute atomic E-state index is 0.520. The Labute approximate surface area is 82.4 Å². The predicted octanol–water partition coefficient (Wildman–Crippen LogP) is 0.0304. The number of hydrogen-bond donors (Lipinski definition) is 2. The van der Waals surface area contributed by atoms with E-state index in [1.807, 2.05) is 6.92 Å². The van der Waals surface area contributed by atoms with E-state index in [1.54, 1.807) is 6.20 Å². The van der Waals surface area contributed by atoms with Gasteiger partial charge in [-0.1, -0.05) is 6.92 Å². The molecule has 0 amide bonds. The van der Waals surface area contributed by atoms with Crippen molar-refractivity contribution in [3.63, 3.8) is 0 Å². The Hall–Kier alpha value is -0.940. The maximum atomic E-state index is 10.1. The van der Waals surface area contributed by atoms with Gasteiger partial charge in [0.2, 0.25) is 5.72 Å². The highest BCUT2D eigenvalue weighted by atomic mass is 16.4. The van der Waals surface area contributed by atoms with Crippen molar-refractivity contribution in [3.05, 3.63) is 11.9 Å². The third-order valence-corrected chi connectivity index (χ3v) is 2.80. The summed E-state index contributed by atoms with van der Waals surface area (Å²) in [6.45, 7) is 1.98. The zero-order valence-electron chi connectivity index (χ0n) is 8.22. The van der Waals surface area contributed by atoms with E-state index in [1.165, 1.54) is 4.80 Å². The number of aromatic nitrogens is 3. The zero-order chi connectivity index (χ0) is 10.2. The van der Waals surface area contributed by atoms with Crippen LogP contribution in [0.2, 0.25) is 0 Å². The first-order chi connectivity index (χ1) is 6.66. The van der Waals surface area contributed by atoms with Gasteiger partial charge in [-0.15, -0.1) is 4.80 Å². The van der Waals surface area contributed by atoms with E-state index >= 15 is 0 Å². The Bertz CT molecular complexity index is 326. The summed E-state index contributed by atoms with van der Waals surface area (Å²) in [6, 6.07) is 0. The molecule has 5 nitrogen and oxygen atoms in total. The van der Waals surface area contributed by atoms with Crippen LogP contribution >= 0.6 is 0 Å². The molecule has 0 aliphatic heterocycles. The van der Waals surface area contributed by atoms with Crippen molar-refractivity contribution in [2.45, 2.75) is 44.4 Å². The summed E-state index contributed by atoms with van der Waals surface area (Å²) in [6.07, 6.45) is 3.60. The quantitative estimate of drug-likeness (QED) is 0.701. The molecule has 1 fully saturated rings. The van der Waals surface area contributed by atoms with E-state index in [0.717, 1.165) is 18.5 Å². The van der Waals surface area contributed by atoms with Crippen molar-refractivity contribution < 1.29 is 10.2 Å². The van der Waals surface area contributed by atoms with Crippen molar-refractivity contribution in [1.29, 1.82) is 0 Å². The van der Waals surface area contributed by atoms with Crippen molar-refractivity contribution >= 4 is 0 Å². The van der Waals surface area contributed by atoms with Crippen LogP contribution in [0.5, 0.6) is 0 Å². The van der Waals surface area contributed by atoms with E-state index in [4.69, 9.17) is 0 Å². The van der Waals surface area contributed by atoms with E-state index in [-0.39, 0.29) is 0 Å². The SMILES string of the molecule is CCc1cnn(C2(O)CCCC2O)n1. The van der Waals surface area contributed by atoms with Crippen LogP contribution in [0, 0.1) is 0 Å². The maximum absolute atomic E-state index is 10.1. The zero-order valence-corrected chi connectivity index (χ0v) is 8.22. The summed E-state index contributed by atoms with van der Waals surface area (Å²) in [4.78, 5) is 1.25. The largest absolute Gasteiger partial charge is 0.388 e. The summed E-state index contributed by atoms with van der Waals surface area (Å²) in [7, 11) is 0. The van der Waals surface area contributed by atoms with Gasteiger partial charge in [0.15, 0.2) is 0 Å². The second kappa shape index (κ2) is 3.33. The number of hydrogen-bond acceptors (Lipinski definition) is 4. The number of rotatable bonds is 2. The highest BCUT2D eigenvalue weighted by Crippen LogP contribution is 2.33. The minimum Gasteiger partial charge on any atom is -0.388 e. The molecule has 1 aromatic rings. The molecule has 2 unspecified atom stereocenters. The molecule has 0 spiro atoms. The smallest absolute Gasteiger partial charge is 0.203 e. The summed E-state index contributed by atoms with van der Waals surface area (Å²) >= 11 is 0. The van der Waals surface area contributed by atoms with Gasteiger partial charge < -0.3 is 10.2 Å². The molecule has 0 saturated heterocycles. The Balaban J connectivity index is 2.28. The molecule has 2 N–H and O–H groups in total. The van der Waals surface area contributed by atoms with Crippen LogP contribution in [-0.2, 0) is 12.1 Å². The van der Waals surface area contributed by atoms with E-state index < -0.39 is 11.8 Å². The molecule has 1 aliphatic carbocycles. The molecule has 5 heteroatoms. The first-order valence-corrected chi connectivity index (χ1v) is 4.99. The average molecular weight is 197 g/mol. The van der Waals surface area contributed by atoms with Crippen LogP contribution < -0.4 is 0 Å². The highest BCUT2D eigenvalue weighted by Gasteiger charge is 2.43. The molecular formula is C9H15N3O2. The minimum atomic E-state index is -1.28. The lowest BCUT2D eigenvalue weighted by atomic mass is 10.1. The van der Waals surface area contributed by atoms with Crippen LogP contribution in [0.25, 0.3) is 0 Å². The van der Waals surface area contributed by atoms with Crippen LogP contribution in [-0.4, -0.2) is 31.3 Å². The van der Waals surface area contributed by atoms with Gasteiger partial charge >= 0.3 is 0 Å². The Morgan fingerprint density at radius 1 is 1.71 bits per heavy atom. The summed E-state index contributed by atoms with van der Waals surface area (Å²) in [5.74, 6) is 0. The Kier molecular flexibility index (Phi) is 2.28. The molecule has 1 saturated carbocycles. The summed E-state index contributed by atoms with van der Waals surface area (Å²) in [5.41, 5.74) is -0.453. The van der Waals surface area contributed by atoms with Crippen LogP contribution in [0.3, 0.4) is 0 Å². The van der Waals surface area contributed by atoms with Gasteiger partial charge in [0.05, 0.1) is 11.9 Å². The van der Waals surface area contributed by atoms with Crippen LogP contribution in [0.4, 0.5) is 0 Å². The first-order valence-electron chi connectivity index (χ1n) is 4.99. The van der Waals surface area contributed by atoms with Gasteiger partial charge in [-0.25, -0.2) is 0 Å². The second-order valence-corrected chi connectivity index (χ2v) is 3.77. The fourth-order valence-electron chi connectivity index (χ4n) is 1.83. The molecular weight excluding hydrogens is 182 g/mol. The van der Waals surface area contributed by atoms with E-state index in [2.05, 4.69) is 10.2 Å². The number of nitrogens with zero attached hydrogens (tertiary/aromatic N) is 3. The molecule has 0 aromatic carbocycles. The molecule has 1 heterocycles. The van der Waals surface area contributed by atoms with Gasteiger partial charge in [0.1, 0.15) is 6.10 Å². The monoisotopic (exact) mass is 197 g/mol. The molecule has 78 valence electrons. The van der Waals surface area contributed by atoms with Crippen molar-refractivity contribution in [1.82, 2.24) is 15.0 Å². The molecule has 14 heavy (non-hydrogen) atoms. The molecule has 2 atom stereocenters. The van der Waals surface area contributed by atoms with Gasteiger partial charge in [0, 0.05) is 6.42 Å². The fourth-order valence-corrected chi connectivity index (χ4v) is 1.83. The molecule has 1 aromatic heterocycles. The van der Waals surface area contributed by atoms with Crippen LogP contribution in [0.1, 0.15) is 31.9 Å². The third-order valence-electron chi connectivity index (χ3n) is 2.80. The number of aryl methyl sites for hydroxylation is 1. The Morgan fingerprint density at radius 2 is 2.50 bits per heavy atom. The van der Waals surface area contributed by atoms with Crippen molar-refractivity contribution in [2.75, 3.05) is 0 Å². The molecule has 2 rings (SSSR count). The summed E-state index contributed by atoms with van der Waals surface area (Å²) in [5, 5.41) is 27.9. The van der Waals surface area contributed by atoms with Crippen molar-refractivity contribution in [3.8, 4) is 0 Å². The normalized spacial score (nSPS) is 32.4. The highest BCUT2D eigenvalue weighted by molar-refractivity contribution is 4.94. The predicted molar refractivity (Wildman–Crippen MR) is 49.5 cm³/mol. The van der Waals surface area contributed by atoms with Gasteiger partial charge in [-0.2, -0.15) is 10.2 Å². The van der Waals surface area contributed by atoms with E-state index in [0.29, 0.717) is 12.8 Å². The lowest BCUT2D eigenvalue weighted by Crippen LogP contribution is -2.42. The van der Waals surface area contributed by atoms with Gasteiger partial charge in [0.25, 0.3) is 0 Å². The lowest BCUT2D eigenvalue weighted by molar-refractivity contribution is -0.132. The standard InChI is InChI=1S/C9H15N3O2/c1-2-7-6-10-12(11-7)9(14)5-3-4-8(9)13/h6,8,13-14H,2-5H2,1H3. The van der Waals surface area contributed by atoms with Gasteiger partial charge in [-0.3, -0.25) is 0 Å². The topological polar surface area (TPSA) is 71.2 Å². The summed E-state index contributed by atoms with van der Waals surface area (Å²) < 4.78 is 0. The molecule has 0 bridgehead atoms. The number of aliphatic hydroxyl groups excluding tert-OH is 1.